The van der Waals surface area contributed by atoms with Gasteiger partial charge in [-0.05, 0) is 64.4 Å². The Balaban J connectivity index is 1.21. The number of nitriles is 1. The predicted octanol–water partition coefficient (Wildman–Crippen LogP) is 9.41. The third-order valence-electron chi connectivity index (χ3n) is 7.97. The van der Waals surface area contributed by atoms with Crippen LogP contribution in [0.1, 0.15) is 5.56 Å². The summed E-state index contributed by atoms with van der Waals surface area (Å²) >= 11 is 0. The Labute approximate surface area is 257 Å². The first-order valence-electron chi connectivity index (χ1n) is 14.2. The molecule has 208 valence electrons. The fraction of sp³-hybridized carbons (Fsp3) is 0. The van der Waals surface area contributed by atoms with Crippen molar-refractivity contribution in [1.82, 2.24) is 19.9 Å². The van der Waals surface area contributed by atoms with Crippen LogP contribution in [0.5, 0.6) is 0 Å². The zero-order valence-corrected chi connectivity index (χ0v) is 23.6. The topological polar surface area (TPSA) is 92.8 Å². The van der Waals surface area contributed by atoms with E-state index >= 15 is 0 Å². The lowest BCUT2D eigenvalue weighted by molar-refractivity contribution is 0.669. The van der Waals surface area contributed by atoms with E-state index in [1.165, 1.54) is 0 Å². The average molecular weight is 577 g/mol. The maximum atomic E-state index is 9.50. The number of fused-ring (bicyclic) bond motifs is 5. The number of furan rings is 1. The monoisotopic (exact) mass is 576 g/mol. The number of aromatic nitrogens is 4. The van der Waals surface area contributed by atoms with Crippen LogP contribution < -0.4 is 0 Å². The van der Waals surface area contributed by atoms with Gasteiger partial charge in [-0.25, -0.2) is 4.85 Å². The van der Waals surface area contributed by atoms with Gasteiger partial charge in [0.05, 0.1) is 29.2 Å². The highest BCUT2D eigenvalue weighted by atomic mass is 16.3. The van der Waals surface area contributed by atoms with E-state index < -0.39 is 0 Å². The molecule has 0 saturated carbocycles. The molecule has 0 aliphatic heterocycles. The fourth-order valence-corrected chi connectivity index (χ4v) is 5.84. The van der Waals surface area contributed by atoms with Gasteiger partial charge < -0.3 is 4.42 Å². The lowest BCUT2D eigenvalue weighted by atomic mass is 9.95. The van der Waals surface area contributed by atoms with Gasteiger partial charge in [-0.1, -0.05) is 54.6 Å². The van der Waals surface area contributed by atoms with Crippen molar-refractivity contribution in [2.45, 2.75) is 0 Å². The van der Waals surface area contributed by atoms with Gasteiger partial charge in [0.1, 0.15) is 22.9 Å². The highest BCUT2D eigenvalue weighted by molar-refractivity contribution is 6.22. The van der Waals surface area contributed by atoms with Crippen molar-refractivity contribution < 1.29 is 4.42 Å². The van der Waals surface area contributed by atoms with Crippen molar-refractivity contribution in [3.05, 3.63) is 139 Å². The zero-order valence-electron chi connectivity index (χ0n) is 23.6. The molecule has 0 atom stereocenters. The molecular formula is C38H20N6O. The number of benzene rings is 3. The van der Waals surface area contributed by atoms with Crippen LogP contribution in [-0.2, 0) is 0 Å². The number of nitrogens with zero attached hydrogens (tertiary/aromatic N) is 6. The molecule has 0 aliphatic rings. The highest BCUT2D eigenvalue weighted by Crippen LogP contribution is 2.41. The van der Waals surface area contributed by atoms with Crippen LogP contribution in [0.25, 0.3) is 82.6 Å². The maximum Gasteiger partial charge on any atom is 0.214 e. The largest absolute Gasteiger partial charge is 0.456 e. The number of rotatable bonds is 4. The van der Waals surface area contributed by atoms with E-state index in [1.54, 1.807) is 42.9 Å². The van der Waals surface area contributed by atoms with Crippen LogP contribution in [0.4, 0.5) is 5.69 Å². The lowest BCUT2D eigenvalue weighted by Gasteiger charge is -2.09. The summed E-state index contributed by atoms with van der Waals surface area (Å²) in [6.45, 7) is 7.43. The molecule has 0 bridgehead atoms. The van der Waals surface area contributed by atoms with E-state index in [-0.39, 0.29) is 0 Å². The second kappa shape index (κ2) is 10.5. The summed E-state index contributed by atoms with van der Waals surface area (Å²) in [4.78, 5) is 21.6. The Morgan fingerprint density at radius 2 is 1.33 bits per heavy atom. The van der Waals surface area contributed by atoms with Crippen molar-refractivity contribution in [2.24, 2.45) is 0 Å². The Morgan fingerprint density at radius 3 is 2.09 bits per heavy atom. The molecule has 7 nitrogen and oxygen atoms in total. The maximum absolute atomic E-state index is 9.50. The van der Waals surface area contributed by atoms with E-state index in [1.807, 2.05) is 48.7 Å². The van der Waals surface area contributed by atoms with E-state index in [9.17, 15) is 5.26 Å². The molecule has 0 spiro atoms. The Kier molecular flexibility index (Phi) is 6.08. The van der Waals surface area contributed by atoms with Crippen LogP contribution in [0, 0.1) is 17.9 Å². The van der Waals surface area contributed by atoms with Crippen molar-refractivity contribution in [3.8, 4) is 51.1 Å². The van der Waals surface area contributed by atoms with Gasteiger partial charge in [-0.3, -0.25) is 19.9 Å². The Morgan fingerprint density at radius 1 is 0.622 bits per heavy atom. The summed E-state index contributed by atoms with van der Waals surface area (Å²) in [6, 6.07) is 33.6. The molecule has 3 aromatic carbocycles. The first kappa shape index (κ1) is 26.0. The van der Waals surface area contributed by atoms with Crippen LogP contribution >= 0.6 is 0 Å². The number of hydrogen-bond donors (Lipinski definition) is 0. The standard InChI is InChI=1S/C38H20N6O/c1-40-31-9-5-17-42-38(31)33-14-11-25(21-43-33)23-10-13-29-34(18-23)45-35-19-30(27-7-2-3-8-28(27)36(29)35)26-12-15-32(44-22-26)37-24(20-39)6-4-16-41-37/h2-19,21-22H. The molecule has 0 aliphatic carbocycles. The lowest BCUT2D eigenvalue weighted by Crippen LogP contribution is -1.92. The Hall–Kier alpha value is -6.70. The summed E-state index contributed by atoms with van der Waals surface area (Å²) in [5.74, 6) is 0. The summed E-state index contributed by atoms with van der Waals surface area (Å²) in [6.07, 6.45) is 6.96. The molecule has 0 radical (unpaired) electrons. The molecule has 8 rings (SSSR count). The Bertz CT molecular complexity index is 2500. The van der Waals surface area contributed by atoms with Crippen molar-refractivity contribution >= 4 is 38.4 Å². The predicted molar refractivity (Wildman–Crippen MR) is 175 cm³/mol. The van der Waals surface area contributed by atoms with Gasteiger partial charge in [-0.2, -0.15) is 5.26 Å². The second-order valence-corrected chi connectivity index (χ2v) is 10.5. The SMILES string of the molecule is [C-]#[N+]c1cccnc1-c1ccc(-c2ccc3c(c2)oc2cc(-c4ccc(-c5ncccc5C#N)nc4)c4ccccc4c23)cn1. The van der Waals surface area contributed by atoms with Crippen LogP contribution in [0.2, 0.25) is 0 Å². The van der Waals surface area contributed by atoms with Crippen molar-refractivity contribution in [2.75, 3.05) is 0 Å². The quantitative estimate of drug-likeness (QED) is 0.194. The molecule has 7 heteroatoms. The third-order valence-corrected chi connectivity index (χ3v) is 7.97. The first-order chi connectivity index (χ1) is 22.2. The highest BCUT2D eigenvalue weighted by Gasteiger charge is 2.17. The molecule has 0 saturated heterocycles. The number of pyridine rings is 4. The zero-order chi connectivity index (χ0) is 30.3. The molecule has 5 heterocycles. The summed E-state index contributed by atoms with van der Waals surface area (Å²) in [7, 11) is 0. The van der Waals surface area contributed by atoms with E-state index in [2.05, 4.69) is 61.2 Å². The minimum absolute atomic E-state index is 0.473. The molecule has 0 fully saturated rings. The molecule has 0 amide bonds. The molecule has 8 aromatic rings. The average Bonchev–Trinajstić information content (AvgIpc) is 3.49. The second-order valence-electron chi connectivity index (χ2n) is 10.5. The van der Waals surface area contributed by atoms with Crippen LogP contribution in [0.3, 0.4) is 0 Å². The normalized spacial score (nSPS) is 11.1. The smallest absolute Gasteiger partial charge is 0.214 e. The van der Waals surface area contributed by atoms with Crippen molar-refractivity contribution in [3.63, 3.8) is 0 Å². The van der Waals surface area contributed by atoms with E-state index in [4.69, 9.17) is 11.0 Å². The summed E-state index contributed by atoms with van der Waals surface area (Å²) in [5, 5.41) is 13.8. The van der Waals surface area contributed by atoms with E-state index in [0.717, 1.165) is 55.0 Å². The van der Waals surface area contributed by atoms with E-state index in [0.29, 0.717) is 34.0 Å². The van der Waals surface area contributed by atoms with Crippen LogP contribution in [0.15, 0.2) is 126 Å². The fourth-order valence-electron chi connectivity index (χ4n) is 5.84. The number of hydrogen-bond acceptors (Lipinski definition) is 6. The summed E-state index contributed by atoms with van der Waals surface area (Å²) < 4.78 is 6.50. The molecule has 0 unspecified atom stereocenters. The minimum atomic E-state index is 0.473. The molecule has 0 N–H and O–H groups in total. The minimum Gasteiger partial charge on any atom is -0.456 e. The molecule has 45 heavy (non-hydrogen) atoms. The summed E-state index contributed by atoms with van der Waals surface area (Å²) in [5.41, 5.74) is 8.81. The molecular weight excluding hydrogens is 556 g/mol. The van der Waals surface area contributed by atoms with Gasteiger partial charge in [0.25, 0.3) is 0 Å². The van der Waals surface area contributed by atoms with Crippen LogP contribution in [-0.4, -0.2) is 19.9 Å². The van der Waals surface area contributed by atoms with Gasteiger partial charge in [-0.15, -0.1) is 0 Å². The van der Waals surface area contributed by atoms with Gasteiger partial charge in [0.2, 0.25) is 5.69 Å². The van der Waals surface area contributed by atoms with Gasteiger partial charge in [0.15, 0.2) is 0 Å². The molecule has 5 aromatic heterocycles. The third kappa shape index (κ3) is 4.36. The first-order valence-corrected chi connectivity index (χ1v) is 14.2. The van der Waals surface area contributed by atoms with Gasteiger partial charge >= 0.3 is 0 Å². The van der Waals surface area contributed by atoms with Gasteiger partial charge in [0, 0.05) is 46.7 Å². The van der Waals surface area contributed by atoms with Crippen molar-refractivity contribution in [1.29, 1.82) is 5.26 Å².